The van der Waals surface area contributed by atoms with Crippen LogP contribution >= 0.6 is 0 Å². The van der Waals surface area contributed by atoms with E-state index in [2.05, 4.69) is 18.5 Å². The van der Waals surface area contributed by atoms with E-state index in [1.54, 1.807) is 24.0 Å². The van der Waals surface area contributed by atoms with Crippen LogP contribution in [0.1, 0.15) is 42.9 Å². The number of amides is 2. The lowest BCUT2D eigenvalue weighted by Gasteiger charge is -2.36. The van der Waals surface area contributed by atoms with Crippen LogP contribution in [0.5, 0.6) is 0 Å². The van der Waals surface area contributed by atoms with E-state index in [0.717, 1.165) is 16.7 Å². The molecule has 1 aliphatic heterocycles. The zero-order chi connectivity index (χ0) is 28.2. The molecule has 0 aliphatic carbocycles. The summed E-state index contributed by atoms with van der Waals surface area (Å²) in [4.78, 5) is 40.8. The lowest BCUT2D eigenvalue weighted by Crippen LogP contribution is -2.48. The lowest BCUT2D eigenvalue weighted by molar-refractivity contribution is -0.149. The van der Waals surface area contributed by atoms with E-state index < -0.39 is 12.0 Å². The number of hydrogen-bond donors (Lipinski definition) is 2. The Morgan fingerprint density at radius 2 is 1.67 bits per heavy atom. The number of benzene rings is 2. The maximum atomic E-state index is 13.3. The molecule has 0 spiro atoms. The van der Waals surface area contributed by atoms with Gasteiger partial charge in [-0.25, -0.2) is 0 Å². The third kappa shape index (κ3) is 8.65. The van der Waals surface area contributed by atoms with E-state index in [0.29, 0.717) is 32.2 Å². The Morgan fingerprint density at radius 3 is 2.33 bits per heavy atom. The number of rotatable bonds is 14. The summed E-state index contributed by atoms with van der Waals surface area (Å²) in [6, 6.07) is 16.9. The van der Waals surface area contributed by atoms with E-state index in [-0.39, 0.29) is 49.4 Å². The van der Waals surface area contributed by atoms with Crippen molar-refractivity contribution in [2.45, 2.75) is 57.7 Å². The molecule has 0 aromatic heterocycles. The highest BCUT2D eigenvalue weighted by Gasteiger charge is 2.32. The van der Waals surface area contributed by atoms with Gasteiger partial charge in [-0.05, 0) is 49.3 Å². The molecule has 0 unspecified atom stereocenters. The fourth-order valence-electron chi connectivity index (χ4n) is 4.94. The van der Waals surface area contributed by atoms with Crippen LogP contribution in [0.15, 0.2) is 79.9 Å². The molecule has 0 saturated carbocycles. The number of aliphatic hydroxyl groups is 1. The Labute approximate surface area is 231 Å². The summed E-state index contributed by atoms with van der Waals surface area (Å²) in [6.07, 6.45) is 5.29. The van der Waals surface area contributed by atoms with Gasteiger partial charge in [0.2, 0.25) is 11.8 Å². The second-order valence-corrected chi connectivity index (χ2v) is 10.2. The Balaban J connectivity index is 1.54. The fraction of sp³-hybridized carbons (Fsp3) is 0.406. The Kier molecular flexibility index (Phi) is 11.5. The maximum Gasteiger partial charge on any atom is 0.309 e. The fourth-order valence-corrected chi connectivity index (χ4v) is 4.94. The SMILES string of the molecule is C=CC[C@H](CC(=O)N1Cc2ccccc2C[C@H]1CO)C(=O)N[C@@H](C)COC(=O)[C@@H](CC=C)Cc1ccccc1. The number of nitrogens with zero attached hydrogens (tertiary/aromatic N) is 1. The van der Waals surface area contributed by atoms with Crippen molar-refractivity contribution in [3.63, 3.8) is 0 Å². The molecule has 1 aliphatic rings. The van der Waals surface area contributed by atoms with Crippen LogP contribution in [0.4, 0.5) is 0 Å². The molecule has 2 aromatic rings. The number of aliphatic hydroxyl groups excluding tert-OH is 1. The molecular weight excluding hydrogens is 492 g/mol. The van der Waals surface area contributed by atoms with Gasteiger partial charge in [0.25, 0.3) is 0 Å². The predicted molar refractivity (Wildman–Crippen MR) is 152 cm³/mol. The molecule has 7 nitrogen and oxygen atoms in total. The lowest BCUT2D eigenvalue weighted by atomic mass is 9.92. The zero-order valence-corrected chi connectivity index (χ0v) is 22.8. The first-order valence-corrected chi connectivity index (χ1v) is 13.6. The van der Waals surface area contributed by atoms with Crippen LogP contribution in [0, 0.1) is 11.8 Å². The minimum Gasteiger partial charge on any atom is -0.463 e. The predicted octanol–water partition coefficient (Wildman–Crippen LogP) is 4.00. The highest BCUT2D eigenvalue weighted by molar-refractivity contribution is 5.86. The van der Waals surface area contributed by atoms with Gasteiger partial charge in [-0.3, -0.25) is 14.4 Å². The average Bonchev–Trinajstić information content (AvgIpc) is 2.95. The van der Waals surface area contributed by atoms with Crippen LogP contribution < -0.4 is 5.32 Å². The van der Waals surface area contributed by atoms with Crippen molar-refractivity contribution >= 4 is 17.8 Å². The van der Waals surface area contributed by atoms with Crippen molar-refractivity contribution in [2.24, 2.45) is 11.8 Å². The summed E-state index contributed by atoms with van der Waals surface area (Å²) in [5.74, 6) is -1.78. The van der Waals surface area contributed by atoms with E-state index in [1.807, 2.05) is 54.6 Å². The second-order valence-electron chi connectivity index (χ2n) is 10.2. The quantitative estimate of drug-likeness (QED) is 0.283. The Morgan fingerprint density at radius 1 is 1.03 bits per heavy atom. The highest BCUT2D eigenvalue weighted by atomic mass is 16.5. The summed E-state index contributed by atoms with van der Waals surface area (Å²) in [5.41, 5.74) is 3.22. The summed E-state index contributed by atoms with van der Waals surface area (Å²) in [7, 11) is 0. The van der Waals surface area contributed by atoms with Gasteiger partial charge in [-0.15, -0.1) is 13.2 Å². The minimum atomic E-state index is -0.615. The van der Waals surface area contributed by atoms with Gasteiger partial charge in [-0.2, -0.15) is 0 Å². The van der Waals surface area contributed by atoms with Crippen molar-refractivity contribution in [1.29, 1.82) is 0 Å². The Hall–Kier alpha value is -3.71. The Bertz CT molecular complexity index is 1130. The molecule has 39 heavy (non-hydrogen) atoms. The standard InChI is InChI=1S/C32H40N2O5/c1-4-11-26(19-30(36)34-20-28-16-10-9-15-25(28)18-29(34)21-35)31(37)33-23(3)22-39-32(38)27(12-5-2)17-24-13-7-6-8-14-24/h4-10,13-16,23,26-27,29,35H,1-2,11-12,17-22H2,3H3,(H,33,37)/t23-,26+,27-,29-/m0/s1. The number of hydrogen-bond acceptors (Lipinski definition) is 5. The van der Waals surface area contributed by atoms with Crippen molar-refractivity contribution in [3.8, 4) is 0 Å². The maximum absolute atomic E-state index is 13.3. The van der Waals surface area contributed by atoms with Crippen LogP contribution in [0.2, 0.25) is 0 Å². The van der Waals surface area contributed by atoms with E-state index in [9.17, 15) is 19.5 Å². The monoisotopic (exact) mass is 532 g/mol. The summed E-state index contributed by atoms with van der Waals surface area (Å²) in [6.45, 7) is 9.56. The average molecular weight is 533 g/mol. The van der Waals surface area contributed by atoms with E-state index >= 15 is 0 Å². The highest BCUT2D eigenvalue weighted by Crippen LogP contribution is 2.25. The van der Waals surface area contributed by atoms with Crippen molar-refractivity contribution in [1.82, 2.24) is 10.2 Å². The molecule has 2 N–H and O–H groups in total. The van der Waals surface area contributed by atoms with E-state index in [1.165, 1.54) is 0 Å². The first-order chi connectivity index (χ1) is 18.9. The number of nitrogens with one attached hydrogen (secondary N) is 1. The molecule has 0 radical (unpaired) electrons. The number of esters is 1. The number of carbonyl (C=O) groups excluding carboxylic acids is 3. The number of fused-ring (bicyclic) bond motifs is 1. The van der Waals surface area contributed by atoms with Gasteiger partial charge >= 0.3 is 5.97 Å². The first kappa shape index (κ1) is 29.8. The second kappa shape index (κ2) is 15.0. The van der Waals surface area contributed by atoms with Crippen molar-refractivity contribution < 1.29 is 24.2 Å². The molecule has 7 heteroatoms. The van der Waals surface area contributed by atoms with Gasteiger partial charge in [0.15, 0.2) is 0 Å². The van der Waals surface area contributed by atoms with Crippen LogP contribution in [-0.2, 0) is 38.5 Å². The summed E-state index contributed by atoms with van der Waals surface area (Å²) < 4.78 is 5.54. The summed E-state index contributed by atoms with van der Waals surface area (Å²) >= 11 is 0. The van der Waals surface area contributed by atoms with Gasteiger partial charge < -0.3 is 20.1 Å². The third-order valence-electron chi connectivity index (χ3n) is 7.10. The van der Waals surface area contributed by atoms with Gasteiger partial charge in [0, 0.05) is 13.0 Å². The molecule has 3 rings (SSSR count). The minimum absolute atomic E-state index is 0.00150. The van der Waals surface area contributed by atoms with Crippen molar-refractivity contribution in [2.75, 3.05) is 13.2 Å². The number of allylic oxidation sites excluding steroid dienone is 2. The third-order valence-corrected chi connectivity index (χ3v) is 7.10. The van der Waals surface area contributed by atoms with Gasteiger partial charge in [0.1, 0.15) is 6.61 Å². The van der Waals surface area contributed by atoms with Crippen LogP contribution in [0.25, 0.3) is 0 Å². The topological polar surface area (TPSA) is 95.9 Å². The molecule has 4 atom stereocenters. The molecule has 0 fully saturated rings. The smallest absolute Gasteiger partial charge is 0.309 e. The largest absolute Gasteiger partial charge is 0.463 e. The molecule has 0 bridgehead atoms. The molecule has 2 amide bonds. The van der Waals surface area contributed by atoms with Crippen LogP contribution in [0.3, 0.4) is 0 Å². The number of carbonyl (C=O) groups is 3. The molecule has 1 heterocycles. The normalized spacial score (nSPS) is 16.8. The zero-order valence-electron chi connectivity index (χ0n) is 22.8. The number of ether oxygens (including phenoxy) is 1. The molecule has 208 valence electrons. The first-order valence-electron chi connectivity index (χ1n) is 13.6. The van der Waals surface area contributed by atoms with Gasteiger partial charge in [0.05, 0.1) is 30.5 Å². The molecule has 2 aromatic carbocycles. The van der Waals surface area contributed by atoms with Gasteiger partial charge in [-0.1, -0.05) is 66.7 Å². The molecular formula is C32H40N2O5. The van der Waals surface area contributed by atoms with E-state index in [4.69, 9.17) is 4.74 Å². The van der Waals surface area contributed by atoms with Crippen LogP contribution in [-0.4, -0.2) is 53.1 Å². The summed E-state index contributed by atoms with van der Waals surface area (Å²) in [5, 5.41) is 12.8. The van der Waals surface area contributed by atoms with Crippen molar-refractivity contribution in [3.05, 3.63) is 96.6 Å². The molecule has 0 saturated heterocycles.